The Labute approximate surface area is 124 Å². The summed E-state index contributed by atoms with van der Waals surface area (Å²) in [6.07, 6.45) is 3.23. The van der Waals surface area contributed by atoms with E-state index in [4.69, 9.17) is 13.3 Å². The monoisotopic (exact) mass is 324 g/mol. The van der Waals surface area contributed by atoms with E-state index in [1.807, 2.05) is 20.8 Å². The lowest BCUT2D eigenvalue weighted by atomic mass is 10.4. The molecule has 1 atom stereocenters. The van der Waals surface area contributed by atoms with Crippen LogP contribution in [0.1, 0.15) is 46.5 Å². The van der Waals surface area contributed by atoms with Crippen molar-refractivity contribution < 1.29 is 21.7 Å². The molecule has 0 spiro atoms. The summed E-state index contributed by atoms with van der Waals surface area (Å²) in [4.78, 5) is 0. The molecule has 1 aliphatic rings. The molecule has 0 aromatic carbocycles. The molecule has 0 saturated carbocycles. The minimum atomic E-state index is -2.96. The molecule has 20 heavy (non-hydrogen) atoms. The van der Waals surface area contributed by atoms with Crippen LogP contribution < -0.4 is 0 Å². The van der Waals surface area contributed by atoms with E-state index in [1.54, 1.807) is 0 Å². The quantitative estimate of drug-likeness (QED) is 0.577. The molecule has 1 rings (SSSR count). The summed E-state index contributed by atoms with van der Waals surface area (Å²) < 4.78 is 41.5. The van der Waals surface area contributed by atoms with E-state index in [0.29, 0.717) is 26.2 Å². The first-order chi connectivity index (χ1) is 9.49. The maximum Gasteiger partial charge on any atom is 0.505 e. The van der Waals surface area contributed by atoms with Crippen molar-refractivity contribution in [2.24, 2.45) is 0 Å². The van der Waals surface area contributed by atoms with Crippen LogP contribution in [0.3, 0.4) is 0 Å². The van der Waals surface area contributed by atoms with Crippen LogP contribution in [0, 0.1) is 0 Å². The highest BCUT2D eigenvalue weighted by Gasteiger charge is 2.53. The zero-order valence-electron chi connectivity index (χ0n) is 12.9. The highest BCUT2D eigenvalue weighted by Crippen LogP contribution is 2.36. The van der Waals surface area contributed by atoms with Crippen molar-refractivity contribution >= 4 is 18.6 Å². The zero-order chi connectivity index (χ0) is 15.1. The van der Waals surface area contributed by atoms with Gasteiger partial charge in [-0.15, -0.1) is 0 Å². The van der Waals surface area contributed by atoms with Crippen molar-refractivity contribution in [2.45, 2.75) is 52.0 Å². The lowest BCUT2D eigenvalue weighted by molar-refractivity contribution is 0.0514. The van der Waals surface area contributed by atoms with Gasteiger partial charge in [0.25, 0.3) is 0 Å². The third-order valence-corrected chi connectivity index (χ3v) is 8.63. The van der Waals surface area contributed by atoms with Gasteiger partial charge in [0, 0.05) is 25.4 Å². The van der Waals surface area contributed by atoms with Crippen molar-refractivity contribution in [2.75, 3.05) is 31.3 Å². The van der Waals surface area contributed by atoms with Crippen LogP contribution in [-0.4, -0.2) is 48.5 Å². The zero-order valence-corrected chi connectivity index (χ0v) is 14.7. The van der Waals surface area contributed by atoms with Crippen molar-refractivity contribution in [3.05, 3.63) is 0 Å². The van der Waals surface area contributed by atoms with Gasteiger partial charge in [-0.05, 0) is 25.7 Å². The molecule has 1 heterocycles. The number of hydrogen-bond acceptors (Lipinski definition) is 5. The van der Waals surface area contributed by atoms with E-state index in [-0.39, 0.29) is 17.0 Å². The SMILES string of the molecule is CCCO[Si](OCCC)(OCCC)C1CCS(=O)(=O)C1. The average molecular weight is 325 g/mol. The maximum atomic E-state index is 11.8. The van der Waals surface area contributed by atoms with Gasteiger partial charge in [-0.25, -0.2) is 8.42 Å². The normalized spacial score (nSPS) is 22.2. The van der Waals surface area contributed by atoms with Crippen LogP contribution in [0.25, 0.3) is 0 Å². The molecule has 1 saturated heterocycles. The van der Waals surface area contributed by atoms with Gasteiger partial charge in [-0.2, -0.15) is 0 Å². The minimum Gasteiger partial charge on any atom is -0.373 e. The fourth-order valence-corrected chi connectivity index (χ4v) is 8.58. The van der Waals surface area contributed by atoms with Gasteiger partial charge in [0.2, 0.25) is 0 Å². The molecule has 0 radical (unpaired) electrons. The van der Waals surface area contributed by atoms with Crippen LogP contribution in [0.4, 0.5) is 0 Å². The van der Waals surface area contributed by atoms with Gasteiger partial charge < -0.3 is 13.3 Å². The first kappa shape index (κ1) is 18.1. The highest BCUT2D eigenvalue weighted by molar-refractivity contribution is 7.91. The summed E-state index contributed by atoms with van der Waals surface area (Å²) in [6.45, 7) is 7.79. The maximum absolute atomic E-state index is 11.8. The summed E-state index contributed by atoms with van der Waals surface area (Å²) in [6, 6.07) is 0. The van der Waals surface area contributed by atoms with E-state index in [1.165, 1.54) is 0 Å². The van der Waals surface area contributed by atoms with Crippen LogP contribution in [0.15, 0.2) is 0 Å². The Hall–Kier alpha value is 0.0469. The Balaban J connectivity index is 2.87. The van der Waals surface area contributed by atoms with E-state index in [2.05, 4.69) is 0 Å². The number of hydrogen-bond donors (Lipinski definition) is 0. The number of rotatable bonds is 10. The Kier molecular flexibility index (Phi) is 7.67. The van der Waals surface area contributed by atoms with Gasteiger partial charge in [0.1, 0.15) is 0 Å². The van der Waals surface area contributed by atoms with Crippen molar-refractivity contribution in [1.29, 1.82) is 0 Å². The summed E-state index contributed by atoms with van der Waals surface area (Å²) in [5, 5.41) is 0. The third kappa shape index (κ3) is 5.11. The Morgan fingerprint density at radius 3 is 1.70 bits per heavy atom. The summed E-state index contributed by atoms with van der Waals surface area (Å²) in [7, 11) is -5.85. The second-order valence-corrected chi connectivity index (χ2v) is 10.4. The molecule has 1 aliphatic heterocycles. The second-order valence-electron chi connectivity index (χ2n) is 5.25. The van der Waals surface area contributed by atoms with Crippen LogP contribution in [0.2, 0.25) is 5.54 Å². The Bertz CT molecular complexity index is 349. The largest absolute Gasteiger partial charge is 0.505 e. The average Bonchev–Trinajstić information content (AvgIpc) is 2.79. The Morgan fingerprint density at radius 1 is 0.950 bits per heavy atom. The first-order valence-corrected chi connectivity index (χ1v) is 11.2. The standard InChI is InChI=1S/C13H28O5SSi/c1-4-8-16-20(17-9-5-2,18-10-6-3)13-7-11-19(14,15)12-13/h13H,4-12H2,1-3H3. The molecular formula is C13H28O5SSi. The minimum absolute atomic E-state index is 0.0999. The topological polar surface area (TPSA) is 61.8 Å². The summed E-state index contributed by atoms with van der Waals surface area (Å²) in [5.41, 5.74) is -0.0999. The van der Waals surface area contributed by atoms with Gasteiger partial charge in [0.15, 0.2) is 9.84 Å². The van der Waals surface area contributed by atoms with Crippen LogP contribution in [-0.2, 0) is 23.1 Å². The van der Waals surface area contributed by atoms with Crippen molar-refractivity contribution in [1.82, 2.24) is 0 Å². The van der Waals surface area contributed by atoms with Gasteiger partial charge >= 0.3 is 8.80 Å². The number of sulfone groups is 1. The van der Waals surface area contributed by atoms with E-state index in [0.717, 1.165) is 19.3 Å². The molecular weight excluding hydrogens is 296 g/mol. The summed E-state index contributed by atoms with van der Waals surface area (Å²) in [5.74, 6) is 0.378. The van der Waals surface area contributed by atoms with E-state index in [9.17, 15) is 8.42 Å². The summed E-state index contributed by atoms with van der Waals surface area (Å²) >= 11 is 0. The van der Waals surface area contributed by atoms with Crippen LogP contribution in [0.5, 0.6) is 0 Å². The van der Waals surface area contributed by atoms with E-state index < -0.39 is 18.6 Å². The lowest BCUT2D eigenvalue weighted by Crippen LogP contribution is -2.51. The van der Waals surface area contributed by atoms with Crippen molar-refractivity contribution in [3.63, 3.8) is 0 Å². The van der Waals surface area contributed by atoms with E-state index >= 15 is 0 Å². The van der Waals surface area contributed by atoms with Crippen LogP contribution >= 0.6 is 0 Å². The molecule has 0 aromatic heterocycles. The van der Waals surface area contributed by atoms with Gasteiger partial charge in [-0.3, -0.25) is 0 Å². The van der Waals surface area contributed by atoms with Gasteiger partial charge in [0.05, 0.1) is 11.5 Å². The van der Waals surface area contributed by atoms with Crippen molar-refractivity contribution in [3.8, 4) is 0 Å². The Morgan fingerprint density at radius 2 is 1.40 bits per heavy atom. The fraction of sp³-hybridized carbons (Fsp3) is 1.00. The predicted molar refractivity (Wildman–Crippen MR) is 81.5 cm³/mol. The molecule has 0 N–H and O–H groups in total. The molecule has 5 nitrogen and oxygen atoms in total. The molecule has 0 aliphatic carbocycles. The molecule has 120 valence electrons. The van der Waals surface area contributed by atoms with Gasteiger partial charge in [-0.1, -0.05) is 20.8 Å². The highest BCUT2D eigenvalue weighted by atomic mass is 32.2. The second kappa shape index (κ2) is 8.48. The fourth-order valence-electron chi connectivity index (χ4n) is 2.29. The molecule has 0 aromatic rings. The molecule has 7 heteroatoms. The predicted octanol–water partition coefficient (Wildman–Crippen LogP) is 2.39. The molecule has 1 unspecified atom stereocenters. The molecule has 0 bridgehead atoms. The third-order valence-electron chi connectivity index (χ3n) is 3.25. The molecule has 0 amide bonds. The smallest absolute Gasteiger partial charge is 0.373 e. The lowest BCUT2D eigenvalue weighted by Gasteiger charge is -2.33. The molecule has 1 fully saturated rings. The first-order valence-electron chi connectivity index (χ1n) is 7.62.